The van der Waals surface area contributed by atoms with Crippen molar-refractivity contribution in [2.24, 2.45) is 0 Å². The molecule has 18 heavy (non-hydrogen) atoms. The fourth-order valence-electron chi connectivity index (χ4n) is 1.71. The lowest BCUT2D eigenvalue weighted by atomic mass is 10.2. The minimum absolute atomic E-state index is 0.624. The van der Waals surface area contributed by atoms with Gasteiger partial charge in [0.25, 0.3) is 0 Å². The topological polar surface area (TPSA) is 51.4 Å². The van der Waals surface area contributed by atoms with Gasteiger partial charge < -0.3 is 15.4 Å². The molecular formula is C13H14BrN3O. The Morgan fingerprint density at radius 2 is 2.06 bits per heavy atom. The van der Waals surface area contributed by atoms with E-state index in [1.54, 1.807) is 13.3 Å². The van der Waals surface area contributed by atoms with E-state index in [2.05, 4.69) is 20.9 Å². The van der Waals surface area contributed by atoms with Gasteiger partial charge in [0.1, 0.15) is 11.6 Å². The van der Waals surface area contributed by atoms with Crippen molar-refractivity contribution < 1.29 is 4.74 Å². The first-order chi connectivity index (χ1) is 8.63. The molecule has 0 atom stereocenters. The van der Waals surface area contributed by atoms with Crippen LogP contribution in [0, 0.1) is 0 Å². The Hall–Kier alpha value is -1.75. The summed E-state index contributed by atoms with van der Waals surface area (Å²) in [5, 5.41) is 0. The highest BCUT2D eigenvalue weighted by Crippen LogP contribution is 2.34. The fraction of sp³-hybridized carbons (Fsp3) is 0.154. The van der Waals surface area contributed by atoms with Gasteiger partial charge in [-0.15, -0.1) is 0 Å². The van der Waals surface area contributed by atoms with E-state index in [1.807, 2.05) is 42.3 Å². The molecule has 1 aromatic heterocycles. The van der Waals surface area contributed by atoms with Gasteiger partial charge >= 0.3 is 0 Å². The van der Waals surface area contributed by atoms with Gasteiger partial charge in [0.15, 0.2) is 0 Å². The molecule has 0 saturated carbocycles. The predicted molar refractivity (Wildman–Crippen MR) is 77.4 cm³/mol. The number of methoxy groups -OCH3 is 1. The van der Waals surface area contributed by atoms with Crippen LogP contribution in [0.4, 0.5) is 17.2 Å². The van der Waals surface area contributed by atoms with Gasteiger partial charge in [-0.1, -0.05) is 12.1 Å². The highest BCUT2D eigenvalue weighted by atomic mass is 79.9. The van der Waals surface area contributed by atoms with Gasteiger partial charge in [-0.05, 0) is 34.1 Å². The SMILES string of the molecule is COc1ccccc1N(C)c1ncc(N)cc1Br. The van der Waals surface area contributed by atoms with Crippen molar-refractivity contribution in [3.05, 3.63) is 41.0 Å². The van der Waals surface area contributed by atoms with Crippen LogP contribution in [0.25, 0.3) is 0 Å². The van der Waals surface area contributed by atoms with Crippen LogP contribution in [0.2, 0.25) is 0 Å². The van der Waals surface area contributed by atoms with Crippen molar-refractivity contribution in [3.63, 3.8) is 0 Å². The normalized spacial score (nSPS) is 10.2. The Labute approximate surface area is 115 Å². The maximum Gasteiger partial charge on any atom is 0.147 e. The van der Waals surface area contributed by atoms with Gasteiger partial charge in [0.2, 0.25) is 0 Å². The number of nitrogens with zero attached hydrogens (tertiary/aromatic N) is 2. The number of halogens is 1. The molecule has 1 aromatic carbocycles. The molecule has 0 radical (unpaired) electrons. The summed E-state index contributed by atoms with van der Waals surface area (Å²) in [6, 6.07) is 9.61. The van der Waals surface area contributed by atoms with Crippen LogP contribution in [-0.4, -0.2) is 19.1 Å². The number of rotatable bonds is 3. The van der Waals surface area contributed by atoms with E-state index < -0.39 is 0 Å². The first-order valence-electron chi connectivity index (χ1n) is 5.41. The van der Waals surface area contributed by atoms with Gasteiger partial charge in [-0.3, -0.25) is 0 Å². The van der Waals surface area contributed by atoms with Crippen LogP contribution in [0.3, 0.4) is 0 Å². The van der Waals surface area contributed by atoms with Gasteiger partial charge in [0, 0.05) is 7.05 Å². The molecule has 0 bridgehead atoms. The zero-order valence-electron chi connectivity index (χ0n) is 10.2. The van der Waals surface area contributed by atoms with E-state index in [4.69, 9.17) is 10.5 Å². The zero-order valence-corrected chi connectivity index (χ0v) is 11.8. The molecule has 0 unspecified atom stereocenters. The lowest BCUT2D eigenvalue weighted by Crippen LogP contribution is -2.13. The van der Waals surface area contributed by atoms with E-state index >= 15 is 0 Å². The second-order valence-electron chi connectivity index (χ2n) is 3.80. The van der Waals surface area contributed by atoms with Crippen molar-refractivity contribution >= 4 is 33.1 Å². The fourth-order valence-corrected chi connectivity index (χ4v) is 2.35. The minimum atomic E-state index is 0.624. The molecule has 94 valence electrons. The summed E-state index contributed by atoms with van der Waals surface area (Å²) >= 11 is 3.47. The van der Waals surface area contributed by atoms with Gasteiger partial charge in [0.05, 0.1) is 29.2 Å². The predicted octanol–water partition coefficient (Wildman–Crippen LogP) is 3.20. The highest BCUT2D eigenvalue weighted by Gasteiger charge is 2.13. The quantitative estimate of drug-likeness (QED) is 0.946. The van der Waals surface area contributed by atoms with Crippen LogP contribution < -0.4 is 15.4 Å². The van der Waals surface area contributed by atoms with E-state index in [1.165, 1.54) is 0 Å². The Kier molecular flexibility index (Phi) is 3.72. The summed E-state index contributed by atoms with van der Waals surface area (Å²) in [5.74, 6) is 1.58. The summed E-state index contributed by atoms with van der Waals surface area (Å²) in [5.41, 5.74) is 7.25. The van der Waals surface area contributed by atoms with E-state index in [-0.39, 0.29) is 0 Å². The van der Waals surface area contributed by atoms with Crippen LogP contribution in [0.5, 0.6) is 5.75 Å². The standard InChI is InChI=1S/C13H14BrN3O/c1-17(11-5-3-4-6-12(11)18-2)13-10(14)7-9(15)8-16-13/h3-8H,15H2,1-2H3. The number of para-hydroxylation sites is 2. The summed E-state index contributed by atoms with van der Waals surface area (Å²) in [4.78, 5) is 6.27. The summed E-state index contributed by atoms with van der Waals surface area (Å²) < 4.78 is 6.19. The number of aromatic nitrogens is 1. The van der Waals surface area contributed by atoms with Crippen LogP contribution >= 0.6 is 15.9 Å². The Balaban J connectivity index is 2.44. The van der Waals surface area contributed by atoms with Gasteiger partial charge in [-0.2, -0.15) is 0 Å². The first kappa shape index (κ1) is 12.7. The van der Waals surface area contributed by atoms with Crippen LogP contribution in [0.15, 0.2) is 41.0 Å². The third kappa shape index (κ3) is 2.41. The number of ether oxygens (including phenoxy) is 1. The number of pyridine rings is 1. The number of anilines is 3. The maximum atomic E-state index is 5.69. The molecule has 0 aliphatic heterocycles. The maximum absolute atomic E-state index is 5.69. The molecule has 4 nitrogen and oxygen atoms in total. The smallest absolute Gasteiger partial charge is 0.147 e. The molecule has 0 aliphatic carbocycles. The average Bonchev–Trinajstić information content (AvgIpc) is 2.38. The molecule has 0 aliphatic rings. The molecule has 2 aromatic rings. The third-order valence-corrected chi connectivity index (χ3v) is 3.19. The van der Waals surface area contributed by atoms with Gasteiger partial charge in [-0.25, -0.2) is 4.98 Å². The van der Waals surface area contributed by atoms with Crippen LogP contribution in [-0.2, 0) is 0 Å². The summed E-state index contributed by atoms with van der Waals surface area (Å²) in [6.45, 7) is 0. The van der Waals surface area contributed by atoms with E-state index in [0.717, 1.165) is 21.7 Å². The van der Waals surface area contributed by atoms with Crippen molar-refractivity contribution in [1.82, 2.24) is 4.98 Å². The van der Waals surface area contributed by atoms with E-state index in [0.29, 0.717) is 5.69 Å². The number of hydrogen-bond donors (Lipinski definition) is 1. The second kappa shape index (κ2) is 5.27. The molecule has 2 N–H and O–H groups in total. The summed E-state index contributed by atoms with van der Waals surface area (Å²) in [6.07, 6.45) is 1.63. The Morgan fingerprint density at radius 3 is 2.72 bits per heavy atom. The number of hydrogen-bond acceptors (Lipinski definition) is 4. The largest absolute Gasteiger partial charge is 0.495 e. The first-order valence-corrected chi connectivity index (χ1v) is 6.20. The number of benzene rings is 1. The Bertz CT molecular complexity index is 560. The minimum Gasteiger partial charge on any atom is -0.495 e. The molecule has 0 fully saturated rings. The highest BCUT2D eigenvalue weighted by molar-refractivity contribution is 9.10. The molecule has 0 spiro atoms. The number of nitrogens with two attached hydrogens (primary N) is 1. The monoisotopic (exact) mass is 307 g/mol. The Morgan fingerprint density at radius 1 is 1.33 bits per heavy atom. The lowest BCUT2D eigenvalue weighted by Gasteiger charge is -2.21. The third-order valence-electron chi connectivity index (χ3n) is 2.61. The van der Waals surface area contributed by atoms with Crippen LogP contribution in [0.1, 0.15) is 0 Å². The summed E-state index contributed by atoms with van der Waals surface area (Å²) in [7, 11) is 3.58. The molecule has 0 amide bonds. The zero-order chi connectivity index (χ0) is 13.1. The molecule has 2 rings (SSSR count). The molecule has 5 heteroatoms. The van der Waals surface area contributed by atoms with E-state index in [9.17, 15) is 0 Å². The van der Waals surface area contributed by atoms with Crippen molar-refractivity contribution in [2.45, 2.75) is 0 Å². The molecule has 1 heterocycles. The molecular weight excluding hydrogens is 294 g/mol. The second-order valence-corrected chi connectivity index (χ2v) is 4.66. The average molecular weight is 308 g/mol. The number of nitrogen functional groups attached to an aromatic ring is 1. The lowest BCUT2D eigenvalue weighted by molar-refractivity contribution is 0.415. The van der Waals surface area contributed by atoms with Crippen molar-refractivity contribution in [3.8, 4) is 5.75 Å². The molecule has 0 saturated heterocycles. The van der Waals surface area contributed by atoms with Crippen molar-refractivity contribution in [2.75, 3.05) is 24.8 Å². The van der Waals surface area contributed by atoms with Crippen molar-refractivity contribution in [1.29, 1.82) is 0 Å².